The number of hydrogen-bond donors (Lipinski definition) is 1. The molecule has 1 N–H and O–H groups in total. The summed E-state index contributed by atoms with van der Waals surface area (Å²) in [6.07, 6.45) is 7.15. The smallest absolute Gasteiger partial charge is 0.341 e. The number of carbonyl (C=O) groups excluding carboxylic acids is 2. The molecule has 0 saturated heterocycles. The van der Waals surface area contributed by atoms with Crippen molar-refractivity contribution in [3.8, 4) is 0 Å². The van der Waals surface area contributed by atoms with Crippen molar-refractivity contribution < 1.29 is 14.3 Å². The molecule has 0 atom stereocenters. The lowest BCUT2D eigenvalue weighted by Gasteiger charge is -2.09. The second kappa shape index (κ2) is 9.70. The highest BCUT2D eigenvalue weighted by molar-refractivity contribution is 7.17. The van der Waals surface area contributed by atoms with Crippen molar-refractivity contribution in [2.45, 2.75) is 58.3 Å². The standard InChI is InChI=1S/C22H27NO3S/c1-2-15-26-22(25)20-17-11-7-4-8-12-18(17)27-21(20)23-19(24)14-13-16-9-5-3-6-10-16/h3,5-6,9-10H,2,4,7-8,11-15H2,1H3,(H,23,24). The predicted octanol–water partition coefficient (Wildman–Crippen LogP) is 5.16. The van der Waals surface area contributed by atoms with E-state index < -0.39 is 0 Å². The molecule has 1 aliphatic carbocycles. The second-order valence-corrected chi connectivity index (χ2v) is 8.04. The van der Waals surface area contributed by atoms with E-state index in [0.29, 0.717) is 30.0 Å². The third-order valence-corrected chi connectivity index (χ3v) is 6.01. The minimum absolute atomic E-state index is 0.0557. The summed E-state index contributed by atoms with van der Waals surface area (Å²) < 4.78 is 5.41. The first-order chi connectivity index (χ1) is 13.2. The maximum absolute atomic E-state index is 12.7. The van der Waals surface area contributed by atoms with Crippen molar-refractivity contribution in [3.05, 3.63) is 51.9 Å². The summed E-state index contributed by atoms with van der Waals surface area (Å²) >= 11 is 1.55. The van der Waals surface area contributed by atoms with E-state index in [1.54, 1.807) is 11.3 Å². The van der Waals surface area contributed by atoms with Gasteiger partial charge in [0, 0.05) is 11.3 Å². The Morgan fingerprint density at radius 3 is 2.67 bits per heavy atom. The average molecular weight is 386 g/mol. The summed E-state index contributed by atoms with van der Waals surface area (Å²) in [4.78, 5) is 26.4. The normalized spacial score (nSPS) is 13.5. The van der Waals surface area contributed by atoms with Gasteiger partial charge >= 0.3 is 5.97 Å². The zero-order valence-electron chi connectivity index (χ0n) is 15.9. The number of thiophene rings is 1. The fourth-order valence-corrected chi connectivity index (χ4v) is 4.70. The molecule has 5 heteroatoms. The van der Waals surface area contributed by atoms with Gasteiger partial charge in [0.1, 0.15) is 5.00 Å². The van der Waals surface area contributed by atoms with E-state index in [0.717, 1.165) is 43.2 Å². The number of nitrogens with one attached hydrogen (secondary N) is 1. The molecule has 1 aliphatic rings. The Bertz CT molecular complexity index is 782. The number of hydrogen-bond acceptors (Lipinski definition) is 4. The van der Waals surface area contributed by atoms with Gasteiger partial charge in [-0.15, -0.1) is 11.3 Å². The van der Waals surface area contributed by atoms with E-state index in [2.05, 4.69) is 5.32 Å². The van der Waals surface area contributed by atoms with Gasteiger partial charge in [0.05, 0.1) is 12.2 Å². The van der Waals surface area contributed by atoms with Crippen LogP contribution in [0.2, 0.25) is 0 Å². The van der Waals surface area contributed by atoms with E-state index in [1.165, 1.54) is 11.3 Å². The zero-order chi connectivity index (χ0) is 19.1. The largest absolute Gasteiger partial charge is 0.462 e. The molecule has 0 fully saturated rings. The van der Waals surface area contributed by atoms with Crippen LogP contribution in [0, 0.1) is 0 Å². The number of carbonyl (C=O) groups is 2. The molecule has 2 aromatic rings. The highest BCUT2D eigenvalue weighted by Gasteiger charge is 2.26. The van der Waals surface area contributed by atoms with Gasteiger partial charge in [0.25, 0.3) is 0 Å². The predicted molar refractivity (Wildman–Crippen MR) is 110 cm³/mol. The third kappa shape index (κ3) is 5.19. The van der Waals surface area contributed by atoms with Crippen LogP contribution in [0.4, 0.5) is 5.00 Å². The number of fused-ring (bicyclic) bond motifs is 1. The van der Waals surface area contributed by atoms with E-state index in [9.17, 15) is 9.59 Å². The number of aryl methyl sites for hydroxylation is 2. The Morgan fingerprint density at radius 1 is 1.11 bits per heavy atom. The Morgan fingerprint density at radius 2 is 1.89 bits per heavy atom. The van der Waals surface area contributed by atoms with Gasteiger partial charge in [-0.25, -0.2) is 4.79 Å². The van der Waals surface area contributed by atoms with Gasteiger partial charge < -0.3 is 10.1 Å². The lowest BCUT2D eigenvalue weighted by Crippen LogP contribution is -2.16. The van der Waals surface area contributed by atoms with E-state index >= 15 is 0 Å². The first-order valence-electron chi connectivity index (χ1n) is 9.84. The van der Waals surface area contributed by atoms with Gasteiger partial charge in [-0.3, -0.25) is 4.79 Å². The maximum Gasteiger partial charge on any atom is 0.341 e. The van der Waals surface area contributed by atoms with Crippen molar-refractivity contribution in [1.82, 2.24) is 0 Å². The molecule has 0 aliphatic heterocycles. The van der Waals surface area contributed by atoms with Crippen LogP contribution in [0.3, 0.4) is 0 Å². The average Bonchev–Trinajstić information content (AvgIpc) is 2.85. The van der Waals surface area contributed by atoms with E-state index in [1.807, 2.05) is 37.3 Å². The number of amides is 1. The summed E-state index contributed by atoms with van der Waals surface area (Å²) in [6, 6.07) is 9.97. The van der Waals surface area contributed by atoms with Crippen molar-refractivity contribution in [1.29, 1.82) is 0 Å². The highest BCUT2D eigenvalue weighted by Crippen LogP contribution is 2.38. The van der Waals surface area contributed by atoms with Crippen LogP contribution >= 0.6 is 11.3 Å². The summed E-state index contributed by atoms with van der Waals surface area (Å²) in [5.41, 5.74) is 2.83. The molecule has 27 heavy (non-hydrogen) atoms. The number of anilines is 1. The lowest BCUT2D eigenvalue weighted by molar-refractivity contribution is -0.116. The zero-order valence-corrected chi connectivity index (χ0v) is 16.7. The molecule has 1 aromatic carbocycles. The molecule has 4 nitrogen and oxygen atoms in total. The number of ether oxygens (including phenoxy) is 1. The Balaban J connectivity index is 1.75. The minimum atomic E-state index is -0.297. The maximum atomic E-state index is 12.7. The van der Waals surface area contributed by atoms with Gasteiger partial charge in [0.2, 0.25) is 5.91 Å². The topological polar surface area (TPSA) is 55.4 Å². The summed E-state index contributed by atoms with van der Waals surface area (Å²) in [5, 5.41) is 3.66. The van der Waals surface area contributed by atoms with Gasteiger partial charge in [0.15, 0.2) is 0 Å². The van der Waals surface area contributed by atoms with Crippen molar-refractivity contribution in [3.63, 3.8) is 0 Å². The molecule has 144 valence electrons. The molecule has 0 unspecified atom stereocenters. The molecule has 0 spiro atoms. The summed E-state index contributed by atoms with van der Waals surface area (Å²) in [5.74, 6) is -0.352. The van der Waals surface area contributed by atoms with Crippen LogP contribution in [0.5, 0.6) is 0 Å². The molecule has 0 saturated carbocycles. The SMILES string of the molecule is CCCOC(=O)c1c(NC(=O)CCc2ccccc2)sc2c1CCCCC2. The van der Waals surface area contributed by atoms with Crippen LogP contribution in [-0.4, -0.2) is 18.5 Å². The first kappa shape index (κ1) is 19.6. The minimum Gasteiger partial charge on any atom is -0.462 e. The van der Waals surface area contributed by atoms with Crippen molar-refractivity contribution in [2.75, 3.05) is 11.9 Å². The van der Waals surface area contributed by atoms with Gasteiger partial charge in [-0.2, -0.15) is 0 Å². The molecule has 1 heterocycles. The number of benzene rings is 1. The van der Waals surface area contributed by atoms with Gasteiger partial charge in [-0.1, -0.05) is 43.7 Å². The molecule has 3 rings (SSSR count). The van der Waals surface area contributed by atoms with Crippen LogP contribution < -0.4 is 5.32 Å². The Hall–Kier alpha value is -2.14. The van der Waals surface area contributed by atoms with Crippen LogP contribution in [-0.2, 0) is 28.8 Å². The molecule has 1 amide bonds. The van der Waals surface area contributed by atoms with E-state index in [-0.39, 0.29) is 11.9 Å². The van der Waals surface area contributed by atoms with Crippen LogP contribution in [0.15, 0.2) is 30.3 Å². The van der Waals surface area contributed by atoms with Crippen molar-refractivity contribution in [2.24, 2.45) is 0 Å². The molecule has 0 radical (unpaired) electrons. The van der Waals surface area contributed by atoms with Crippen molar-refractivity contribution >= 4 is 28.2 Å². The molecular formula is C22H27NO3S. The quantitative estimate of drug-likeness (QED) is 0.529. The highest BCUT2D eigenvalue weighted by atomic mass is 32.1. The molecule has 1 aromatic heterocycles. The second-order valence-electron chi connectivity index (χ2n) is 6.94. The number of esters is 1. The molecular weight excluding hydrogens is 358 g/mol. The first-order valence-corrected chi connectivity index (χ1v) is 10.7. The Labute approximate surface area is 164 Å². The number of rotatable bonds is 7. The fourth-order valence-electron chi connectivity index (χ4n) is 3.41. The lowest BCUT2D eigenvalue weighted by atomic mass is 10.1. The monoisotopic (exact) mass is 385 g/mol. The molecule has 0 bridgehead atoms. The fraction of sp³-hybridized carbons (Fsp3) is 0.455. The summed E-state index contributed by atoms with van der Waals surface area (Å²) in [7, 11) is 0. The van der Waals surface area contributed by atoms with Crippen LogP contribution in [0.1, 0.15) is 65.4 Å². The van der Waals surface area contributed by atoms with E-state index in [4.69, 9.17) is 4.74 Å². The summed E-state index contributed by atoms with van der Waals surface area (Å²) in [6.45, 7) is 2.39. The Kier molecular flexibility index (Phi) is 7.04. The van der Waals surface area contributed by atoms with Crippen LogP contribution in [0.25, 0.3) is 0 Å². The van der Waals surface area contributed by atoms with Gasteiger partial charge in [-0.05, 0) is 49.7 Å². The third-order valence-electron chi connectivity index (χ3n) is 4.80.